The molecule has 0 amide bonds. The van der Waals surface area contributed by atoms with Gasteiger partial charge in [0, 0.05) is 60.8 Å². The summed E-state index contributed by atoms with van der Waals surface area (Å²) < 4.78 is 9.42. The molecule has 8 nitrogen and oxygen atoms in total. The molecule has 0 atom stereocenters. The summed E-state index contributed by atoms with van der Waals surface area (Å²) in [5, 5.41) is 9.67. The minimum Gasteiger partial charge on any atom is -0.495 e. The Morgan fingerprint density at radius 3 is 2.56 bits per heavy atom. The molecule has 0 radical (unpaired) electrons. The predicted octanol–water partition coefficient (Wildman–Crippen LogP) is 4.49. The van der Waals surface area contributed by atoms with E-state index in [1.807, 2.05) is 80.7 Å². The molecule has 1 aromatic carbocycles. The summed E-state index contributed by atoms with van der Waals surface area (Å²) in [4.78, 5) is 13.8. The molecule has 8 heteroatoms. The van der Waals surface area contributed by atoms with Gasteiger partial charge in [-0.25, -0.2) is 9.97 Å². The van der Waals surface area contributed by atoms with Crippen LogP contribution in [0.1, 0.15) is 5.82 Å². The summed E-state index contributed by atoms with van der Waals surface area (Å²) in [6.45, 7) is 1.98. The molecule has 0 saturated heterocycles. The van der Waals surface area contributed by atoms with Crippen molar-refractivity contribution >= 4 is 22.3 Å². The third-order valence-corrected chi connectivity index (χ3v) is 5.49. The maximum absolute atomic E-state index is 5.65. The van der Waals surface area contributed by atoms with Crippen LogP contribution in [0.15, 0.2) is 61.3 Å². The van der Waals surface area contributed by atoms with Gasteiger partial charge in [0.1, 0.15) is 17.4 Å². The Balaban J connectivity index is 1.51. The van der Waals surface area contributed by atoms with Crippen LogP contribution in [0.5, 0.6) is 5.75 Å². The van der Waals surface area contributed by atoms with E-state index in [2.05, 4.69) is 25.4 Å². The van der Waals surface area contributed by atoms with Crippen molar-refractivity contribution in [3.05, 3.63) is 67.1 Å². The largest absolute Gasteiger partial charge is 0.495 e. The first-order valence-corrected chi connectivity index (χ1v) is 10.2. The standard InChI is InChI=1S/C24H23N7O/c1-15-28-21(14-30(15)2)16-5-6-20(22(9-16)32-4)29-23-10-19-17(11-26-23)7-8-25-24(19)18-12-27-31(3)13-18/h5-14H,1-4H3,(H,26,29). The van der Waals surface area contributed by atoms with Gasteiger partial charge in [-0.05, 0) is 31.2 Å². The lowest BCUT2D eigenvalue weighted by Gasteiger charge is -2.13. The van der Waals surface area contributed by atoms with Crippen molar-refractivity contribution < 1.29 is 4.74 Å². The molecule has 0 saturated carbocycles. The van der Waals surface area contributed by atoms with Crippen LogP contribution in [0.3, 0.4) is 0 Å². The summed E-state index contributed by atoms with van der Waals surface area (Å²) in [7, 11) is 5.54. The highest BCUT2D eigenvalue weighted by Gasteiger charge is 2.12. The van der Waals surface area contributed by atoms with Gasteiger partial charge < -0.3 is 14.6 Å². The normalized spacial score (nSPS) is 11.1. The van der Waals surface area contributed by atoms with Crippen LogP contribution in [0.2, 0.25) is 0 Å². The fourth-order valence-corrected chi connectivity index (χ4v) is 3.70. The SMILES string of the molecule is COc1cc(-c2cn(C)c(C)n2)ccc1Nc1cc2c(-c3cnn(C)c3)nccc2cn1. The molecule has 0 aliphatic carbocycles. The first-order valence-electron chi connectivity index (χ1n) is 10.2. The molecule has 5 aromatic rings. The highest BCUT2D eigenvalue weighted by molar-refractivity contribution is 5.95. The van der Waals surface area contributed by atoms with Crippen molar-refractivity contribution in [1.82, 2.24) is 29.3 Å². The molecule has 0 spiro atoms. The average Bonchev–Trinajstić information content (AvgIpc) is 3.38. The molecule has 4 aromatic heterocycles. The zero-order chi connectivity index (χ0) is 22.2. The first kappa shape index (κ1) is 19.7. The van der Waals surface area contributed by atoms with E-state index in [9.17, 15) is 0 Å². The second kappa shape index (κ2) is 7.81. The van der Waals surface area contributed by atoms with Gasteiger partial charge in [-0.3, -0.25) is 9.67 Å². The zero-order valence-corrected chi connectivity index (χ0v) is 18.4. The molecule has 0 aliphatic rings. The molecule has 0 fully saturated rings. The van der Waals surface area contributed by atoms with E-state index in [-0.39, 0.29) is 0 Å². The second-order valence-electron chi connectivity index (χ2n) is 7.68. The summed E-state index contributed by atoms with van der Waals surface area (Å²) in [5.74, 6) is 2.38. The van der Waals surface area contributed by atoms with E-state index in [1.54, 1.807) is 18.0 Å². The lowest BCUT2D eigenvalue weighted by atomic mass is 10.1. The predicted molar refractivity (Wildman–Crippen MR) is 125 cm³/mol. The number of fused-ring (bicyclic) bond motifs is 1. The van der Waals surface area contributed by atoms with Gasteiger partial charge in [0.15, 0.2) is 0 Å². The number of rotatable bonds is 5. The quantitative estimate of drug-likeness (QED) is 0.447. The van der Waals surface area contributed by atoms with Crippen molar-refractivity contribution in [1.29, 1.82) is 0 Å². The van der Waals surface area contributed by atoms with Gasteiger partial charge in [0.05, 0.1) is 30.4 Å². The zero-order valence-electron chi connectivity index (χ0n) is 18.4. The van der Waals surface area contributed by atoms with E-state index < -0.39 is 0 Å². The molecule has 4 heterocycles. The first-order chi connectivity index (χ1) is 15.5. The minimum absolute atomic E-state index is 0.704. The van der Waals surface area contributed by atoms with Crippen molar-refractivity contribution in [2.24, 2.45) is 14.1 Å². The number of methoxy groups -OCH3 is 1. The van der Waals surface area contributed by atoms with Crippen molar-refractivity contribution in [3.63, 3.8) is 0 Å². The number of imidazole rings is 1. The van der Waals surface area contributed by atoms with Crippen LogP contribution in [-0.4, -0.2) is 36.4 Å². The molecule has 1 N–H and O–H groups in total. The lowest BCUT2D eigenvalue weighted by molar-refractivity contribution is 0.417. The average molecular weight is 425 g/mol. The Bertz CT molecular complexity index is 1410. The van der Waals surface area contributed by atoms with Gasteiger partial charge in [-0.2, -0.15) is 5.10 Å². The summed E-state index contributed by atoms with van der Waals surface area (Å²) in [6.07, 6.45) is 9.42. The van der Waals surface area contributed by atoms with Crippen molar-refractivity contribution in [2.45, 2.75) is 6.92 Å². The maximum atomic E-state index is 5.65. The highest BCUT2D eigenvalue weighted by atomic mass is 16.5. The number of benzene rings is 1. The van der Waals surface area contributed by atoms with Gasteiger partial charge >= 0.3 is 0 Å². The lowest BCUT2D eigenvalue weighted by Crippen LogP contribution is -1.98. The van der Waals surface area contributed by atoms with Gasteiger partial charge in [-0.1, -0.05) is 6.07 Å². The van der Waals surface area contributed by atoms with Crippen LogP contribution in [0, 0.1) is 6.92 Å². The topological polar surface area (TPSA) is 82.7 Å². The van der Waals surface area contributed by atoms with Crippen molar-refractivity contribution in [2.75, 3.05) is 12.4 Å². The minimum atomic E-state index is 0.704. The van der Waals surface area contributed by atoms with Gasteiger partial charge in [0.2, 0.25) is 0 Å². The molecule has 0 bridgehead atoms. The third kappa shape index (κ3) is 3.56. The smallest absolute Gasteiger partial charge is 0.143 e. The van der Waals surface area contributed by atoms with Crippen LogP contribution >= 0.6 is 0 Å². The Hall–Kier alpha value is -4.20. The molecule has 160 valence electrons. The maximum Gasteiger partial charge on any atom is 0.143 e. The van der Waals surface area contributed by atoms with E-state index in [1.165, 1.54) is 0 Å². The van der Waals surface area contributed by atoms with Crippen LogP contribution < -0.4 is 10.1 Å². The number of ether oxygens (including phenoxy) is 1. The van der Waals surface area contributed by atoms with E-state index in [0.29, 0.717) is 11.6 Å². The Kier molecular flexibility index (Phi) is 4.82. The number of pyridine rings is 2. The van der Waals surface area contributed by atoms with Gasteiger partial charge in [-0.15, -0.1) is 0 Å². The highest BCUT2D eigenvalue weighted by Crippen LogP contribution is 2.33. The van der Waals surface area contributed by atoms with E-state index in [0.717, 1.165) is 44.8 Å². The number of anilines is 2. The van der Waals surface area contributed by atoms with Crippen molar-refractivity contribution in [3.8, 4) is 28.3 Å². The molecule has 32 heavy (non-hydrogen) atoms. The Morgan fingerprint density at radius 1 is 0.969 bits per heavy atom. The number of hydrogen-bond donors (Lipinski definition) is 1. The molecular weight excluding hydrogens is 402 g/mol. The van der Waals surface area contributed by atoms with Crippen LogP contribution in [0.25, 0.3) is 33.3 Å². The molecule has 5 rings (SSSR count). The third-order valence-electron chi connectivity index (χ3n) is 5.49. The second-order valence-corrected chi connectivity index (χ2v) is 7.68. The fraction of sp³-hybridized carbons (Fsp3) is 0.167. The van der Waals surface area contributed by atoms with Crippen LogP contribution in [-0.2, 0) is 14.1 Å². The van der Waals surface area contributed by atoms with E-state index in [4.69, 9.17) is 4.74 Å². The number of aryl methyl sites for hydroxylation is 3. The van der Waals surface area contributed by atoms with Gasteiger partial charge in [0.25, 0.3) is 0 Å². The monoisotopic (exact) mass is 425 g/mol. The molecule has 0 aliphatic heterocycles. The fourth-order valence-electron chi connectivity index (χ4n) is 3.70. The number of nitrogens with zero attached hydrogens (tertiary/aromatic N) is 6. The Morgan fingerprint density at radius 2 is 1.84 bits per heavy atom. The van der Waals surface area contributed by atoms with E-state index >= 15 is 0 Å². The summed E-state index contributed by atoms with van der Waals surface area (Å²) >= 11 is 0. The van der Waals surface area contributed by atoms with Crippen LogP contribution in [0.4, 0.5) is 11.5 Å². The molecular formula is C24H23N7O. The number of nitrogens with one attached hydrogen (secondary N) is 1. The Labute approximate surface area is 185 Å². The number of aromatic nitrogens is 6. The summed E-state index contributed by atoms with van der Waals surface area (Å²) in [6, 6.07) is 9.94. The summed E-state index contributed by atoms with van der Waals surface area (Å²) in [5.41, 5.74) is 4.55. The molecule has 0 unspecified atom stereocenters. The number of hydrogen-bond acceptors (Lipinski definition) is 6.